The van der Waals surface area contributed by atoms with Gasteiger partial charge in [0.1, 0.15) is 5.75 Å². The van der Waals surface area contributed by atoms with Gasteiger partial charge >= 0.3 is 5.97 Å². The molecule has 0 aliphatic rings. The maximum Gasteiger partial charge on any atom is 0.344 e. The van der Waals surface area contributed by atoms with E-state index in [0.29, 0.717) is 12.4 Å². The molecule has 0 radical (unpaired) electrons. The lowest BCUT2D eigenvalue weighted by molar-refractivity contribution is -0.146. The fraction of sp³-hybridized carbons (Fsp3) is 0.250. The summed E-state index contributed by atoms with van der Waals surface area (Å²) in [6.45, 7) is 4.14. The molecule has 2 rings (SSSR count). The van der Waals surface area contributed by atoms with Crippen molar-refractivity contribution in [1.29, 1.82) is 0 Å². The van der Waals surface area contributed by atoms with Gasteiger partial charge in [-0.1, -0.05) is 43.3 Å². The van der Waals surface area contributed by atoms with Crippen LogP contribution in [0.1, 0.15) is 25.8 Å². The summed E-state index contributed by atoms with van der Waals surface area (Å²) in [6, 6.07) is 15.5. The molecular formula is C20H23N3O3S. The lowest BCUT2D eigenvalue weighted by Crippen LogP contribution is -2.25. The highest BCUT2D eigenvalue weighted by atomic mass is 32.1. The maximum atomic E-state index is 11.5. The minimum atomic E-state index is -0.363. The number of hydrogen-bond donors (Lipinski definition) is 2. The van der Waals surface area contributed by atoms with Crippen LogP contribution in [0.15, 0.2) is 53.6 Å². The number of carbonyl (C=O) groups is 1. The van der Waals surface area contributed by atoms with Crippen LogP contribution in [-0.2, 0) is 9.53 Å². The molecule has 7 heteroatoms. The van der Waals surface area contributed by atoms with Crippen molar-refractivity contribution in [3.8, 4) is 16.9 Å². The van der Waals surface area contributed by atoms with E-state index < -0.39 is 0 Å². The van der Waals surface area contributed by atoms with Crippen LogP contribution in [-0.4, -0.2) is 30.0 Å². The van der Waals surface area contributed by atoms with E-state index in [2.05, 4.69) is 10.5 Å². The fourth-order valence-electron chi connectivity index (χ4n) is 2.25. The molecule has 0 unspecified atom stereocenters. The van der Waals surface area contributed by atoms with E-state index in [0.717, 1.165) is 28.8 Å². The molecule has 0 saturated heterocycles. The molecular weight excluding hydrogens is 362 g/mol. The zero-order valence-corrected chi connectivity index (χ0v) is 16.2. The summed E-state index contributed by atoms with van der Waals surface area (Å²) in [6.07, 6.45) is 0.793. The van der Waals surface area contributed by atoms with E-state index >= 15 is 0 Å². The Kier molecular flexibility index (Phi) is 7.76. The summed E-state index contributed by atoms with van der Waals surface area (Å²) in [5.74, 6) is 0.258. The van der Waals surface area contributed by atoms with E-state index in [1.807, 2.05) is 62.4 Å². The first-order chi connectivity index (χ1) is 13.0. The Morgan fingerprint density at radius 1 is 1.11 bits per heavy atom. The largest absolute Gasteiger partial charge is 0.482 e. The van der Waals surface area contributed by atoms with Gasteiger partial charge in [-0.25, -0.2) is 4.79 Å². The highest BCUT2D eigenvalue weighted by molar-refractivity contribution is 7.80. The van der Waals surface area contributed by atoms with E-state index in [1.54, 1.807) is 0 Å². The number of benzene rings is 2. The van der Waals surface area contributed by atoms with Gasteiger partial charge in [0.05, 0.1) is 12.3 Å². The molecule has 0 fully saturated rings. The highest BCUT2D eigenvalue weighted by Gasteiger charge is 2.05. The molecule has 0 aliphatic carbocycles. The van der Waals surface area contributed by atoms with Gasteiger partial charge in [-0.2, -0.15) is 5.10 Å². The van der Waals surface area contributed by atoms with Crippen molar-refractivity contribution in [2.24, 2.45) is 10.8 Å². The van der Waals surface area contributed by atoms with Gasteiger partial charge in [-0.15, -0.1) is 0 Å². The van der Waals surface area contributed by atoms with Crippen molar-refractivity contribution in [3.05, 3.63) is 54.1 Å². The van der Waals surface area contributed by atoms with Crippen molar-refractivity contribution < 1.29 is 14.3 Å². The number of hydrogen-bond acceptors (Lipinski definition) is 5. The quantitative estimate of drug-likeness (QED) is 0.314. The number of nitrogens with zero attached hydrogens (tertiary/aromatic N) is 1. The molecule has 0 heterocycles. The Hall–Kier alpha value is -2.93. The van der Waals surface area contributed by atoms with Crippen molar-refractivity contribution in [2.75, 3.05) is 13.2 Å². The summed E-state index contributed by atoms with van der Waals surface area (Å²) < 4.78 is 10.4. The number of ether oxygens (including phenoxy) is 2. The molecule has 2 aromatic carbocycles. The van der Waals surface area contributed by atoms with Gasteiger partial charge in [0, 0.05) is 0 Å². The van der Waals surface area contributed by atoms with Gasteiger partial charge in [-0.05, 0) is 54.4 Å². The maximum absolute atomic E-state index is 11.5. The zero-order valence-electron chi connectivity index (χ0n) is 15.4. The number of thiocarbonyl (C=S) groups is 1. The summed E-state index contributed by atoms with van der Waals surface area (Å²) in [5.41, 5.74) is 11.8. The minimum Gasteiger partial charge on any atom is -0.482 e. The second-order valence-corrected chi connectivity index (χ2v) is 6.22. The van der Waals surface area contributed by atoms with Crippen LogP contribution in [0, 0.1) is 0 Å². The first-order valence-electron chi connectivity index (χ1n) is 8.58. The molecule has 6 nitrogen and oxygen atoms in total. The summed E-state index contributed by atoms with van der Waals surface area (Å²) >= 11 is 4.73. The van der Waals surface area contributed by atoms with E-state index in [4.69, 9.17) is 27.4 Å². The second kappa shape index (κ2) is 10.3. The molecule has 0 amide bonds. The molecule has 3 N–H and O–H groups in total. The first kappa shape index (κ1) is 20.4. The standard InChI is InChI=1S/C20H23N3O3S/c1-3-12-25-19(24)13-26-18-10-8-17(9-11-18)16-6-4-15(5-7-16)14(2)22-23-20(21)27/h4-11H,3,12-13H2,1-2H3,(H3,21,23,27)/b22-14+. The Bertz CT molecular complexity index is 802. The van der Waals surface area contributed by atoms with Crippen LogP contribution >= 0.6 is 12.2 Å². The lowest BCUT2D eigenvalue weighted by atomic mass is 10.0. The van der Waals surface area contributed by atoms with Gasteiger partial charge in [0.15, 0.2) is 11.7 Å². The first-order valence-corrected chi connectivity index (χ1v) is 8.99. The number of nitrogens with one attached hydrogen (secondary N) is 1. The Labute approximate surface area is 164 Å². The van der Waals surface area contributed by atoms with Crippen molar-refractivity contribution in [3.63, 3.8) is 0 Å². The molecule has 0 atom stereocenters. The Morgan fingerprint density at radius 3 is 2.26 bits per heavy atom. The molecule has 0 aromatic heterocycles. The minimum absolute atomic E-state index is 0.0904. The van der Waals surface area contributed by atoms with Crippen LogP contribution in [0.5, 0.6) is 5.75 Å². The summed E-state index contributed by atoms with van der Waals surface area (Å²) in [7, 11) is 0. The number of esters is 1. The summed E-state index contributed by atoms with van der Waals surface area (Å²) in [4.78, 5) is 11.5. The van der Waals surface area contributed by atoms with E-state index in [1.165, 1.54) is 0 Å². The molecule has 0 bridgehead atoms. The van der Waals surface area contributed by atoms with Crippen molar-refractivity contribution >= 4 is 29.0 Å². The molecule has 0 saturated carbocycles. The smallest absolute Gasteiger partial charge is 0.344 e. The third-order valence-electron chi connectivity index (χ3n) is 3.65. The Balaban J connectivity index is 1.97. The third-order valence-corrected chi connectivity index (χ3v) is 3.74. The van der Waals surface area contributed by atoms with Gasteiger partial charge < -0.3 is 15.2 Å². The van der Waals surface area contributed by atoms with Gasteiger partial charge in [-0.3, -0.25) is 5.43 Å². The predicted octanol–water partition coefficient (Wildman–Crippen LogP) is 3.24. The number of rotatable bonds is 8. The lowest BCUT2D eigenvalue weighted by Gasteiger charge is -2.08. The number of carbonyl (C=O) groups excluding carboxylic acids is 1. The zero-order chi connectivity index (χ0) is 19.6. The average molecular weight is 385 g/mol. The SMILES string of the molecule is CCCOC(=O)COc1ccc(-c2ccc(/C(C)=N/NC(N)=S)cc2)cc1. The van der Waals surface area contributed by atoms with Crippen molar-refractivity contribution in [2.45, 2.75) is 20.3 Å². The van der Waals surface area contributed by atoms with E-state index in [9.17, 15) is 4.79 Å². The van der Waals surface area contributed by atoms with Crippen molar-refractivity contribution in [1.82, 2.24) is 5.43 Å². The summed E-state index contributed by atoms with van der Waals surface area (Å²) in [5, 5.41) is 4.24. The fourth-order valence-corrected chi connectivity index (χ4v) is 2.30. The third kappa shape index (κ3) is 6.71. The topological polar surface area (TPSA) is 85.9 Å². The van der Waals surface area contributed by atoms with Gasteiger partial charge in [0.2, 0.25) is 0 Å². The average Bonchev–Trinajstić information content (AvgIpc) is 2.69. The highest BCUT2D eigenvalue weighted by Crippen LogP contribution is 2.23. The van der Waals surface area contributed by atoms with Crippen LogP contribution in [0.2, 0.25) is 0 Å². The monoisotopic (exact) mass is 385 g/mol. The molecule has 142 valence electrons. The van der Waals surface area contributed by atoms with E-state index in [-0.39, 0.29) is 17.7 Å². The second-order valence-electron chi connectivity index (χ2n) is 5.78. The van der Waals surface area contributed by atoms with Gasteiger partial charge in [0.25, 0.3) is 0 Å². The molecule has 27 heavy (non-hydrogen) atoms. The Morgan fingerprint density at radius 2 is 1.70 bits per heavy atom. The van der Waals surface area contributed by atoms with Crippen LogP contribution in [0.25, 0.3) is 11.1 Å². The number of hydrazone groups is 1. The van der Waals surface area contributed by atoms with Crippen LogP contribution in [0.4, 0.5) is 0 Å². The van der Waals surface area contributed by atoms with Crippen LogP contribution < -0.4 is 15.9 Å². The molecule has 2 aromatic rings. The number of nitrogens with two attached hydrogens (primary N) is 1. The van der Waals surface area contributed by atoms with Crippen LogP contribution in [0.3, 0.4) is 0 Å². The molecule has 0 spiro atoms. The predicted molar refractivity (Wildman–Crippen MR) is 111 cm³/mol. The molecule has 0 aliphatic heterocycles. The normalized spacial score (nSPS) is 11.0.